The van der Waals surface area contributed by atoms with E-state index in [9.17, 15) is 0 Å². The smallest absolute Gasteiger partial charge is 0.147 e. The molecule has 0 spiro atoms. The molecular weight excluding hydrogens is 306 g/mol. The molecule has 0 radical (unpaired) electrons. The van der Waals surface area contributed by atoms with E-state index in [1.807, 2.05) is 0 Å². The Morgan fingerprint density at radius 3 is 2.60 bits per heavy atom. The second-order valence-electron chi connectivity index (χ2n) is 8.39. The van der Waals surface area contributed by atoms with E-state index in [0.29, 0.717) is 5.92 Å². The Morgan fingerprint density at radius 1 is 1.04 bits per heavy atom. The molecule has 0 saturated carbocycles. The SMILES string of the molecule is Cc1cc2nc3c4c5cc(nc4ccn3c2cc1C)C(C)(C)CC5C. The molecule has 126 valence electrons. The topological polar surface area (TPSA) is 30.2 Å². The molecule has 5 rings (SSSR count). The lowest BCUT2D eigenvalue weighted by atomic mass is 9.72. The van der Waals surface area contributed by atoms with Gasteiger partial charge in [-0.15, -0.1) is 0 Å². The molecule has 3 heterocycles. The van der Waals surface area contributed by atoms with Crippen molar-refractivity contribution in [3.63, 3.8) is 0 Å². The molecule has 3 heteroatoms. The van der Waals surface area contributed by atoms with E-state index in [0.717, 1.165) is 23.1 Å². The van der Waals surface area contributed by atoms with Gasteiger partial charge < -0.3 is 0 Å². The number of hydrogen-bond acceptors (Lipinski definition) is 2. The number of aromatic nitrogens is 3. The molecule has 0 amide bonds. The molecule has 3 nitrogen and oxygen atoms in total. The van der Waals surface area contributed by atoms with Crippen LogP contribution in [0.5, 0.6) is 0 Å². The van der Waals surface area contributed by atoms with Crippen LogP contribution in [0.1, 0.15) is 55.5 Å². The van der Waals surface area contributed by atoms with Crippen molar-refractivity contribution in [2.75, 3.05) is 0 Å². The minimum Gasteiger partial charge on any atom is -0.299 e. The van der Waals surface area contributed by atoms with Gasteiger partial charge in [0.05, 0.1) is 16.6 Å². The van der Waals surface area contributed by atoms with Crippen LogP contribution in [0.25, 0.3) is 27.6 Å². The number of imidazole rings is 1. The third-order valence-electron chi connectivity index (χ3n) is 6.03. The fourth-order valence-electron chi connectivity index (χ4n) is 4.49. The average molecular weight is 329 g/mol. The largest absolute Gasteiger partial charge is 0.299 e. The third-order valence-corrected chi connectivity index (χ3v) is 6.03. The zero-order valence-corrected chi connectivity index (χ0v) is 15.5. The van der Waals surface area contributed by atoms with Crippen LogP contribution in [0, 0.1) is 13.8 Å². The van der Waals surface area contributed by atoms with Crippen LogP contribution in [0.4, 0.5) is 0 Å². The van der Waals surface area contributed by atoms with Gasteiger partial charge >= 0.3 is 0 Å². The zero-order chi connectivity index (χ0) is 17.5. The van der Waals surface area contributed by atoms with Crippen LogP contribution >= 0.6 is 0 Å². The molecule has 25 heavy (non-hydrogen) atoms. The minimum atomic E-state index is 0.140. The minimum absolute atomic E-state index is 0.140. The van der Waals surface area contributed by atoms with Gasteiger partial charge in [-0.25, -0.2) is 4.98 Å². The van der Waals surface area contributed by atoms with E-state index in [1.165, 1.54) is 33.3 Å². The maximum Gasteiger partial charge on any atom is 0.147 e. The first kappa shape index (κ1) is 14.9. The van der Waals surface area contributed by atoms with Crippen LogP contribution in [-0.2, 0) is 5.41 Å². The summed E-state index contributed by atoms with van der Waals surface area (Å²) < 4.78 is 2.23. The van der Waals surface area contributed by atoms with E-state index in [1.54, 1.807) is 0 Å². The number of benzene rings is 1. The van der Waals surface area contributed by atoms with Gasteiger partial charge in [0.25, 0.3) is 0 Å². The van der Waals surface area contributed by atoms with Crippen molar-refractivity contribution in [2.24, 2.45) is 0 Å². The quantitative estimate of drug-likeness (QED) is 0.430. The van der Waals surface area contributed by atoms with Gasteiger partial charge in [0.15, 0.2) is 0 Å². The number of nitrogens with zero attached hydrogens (tertiary/aromatic N) is 3. The van der Waals surface area contributed by atoms with Crippen LogP contribution in [0.3, 0.4) is 0 Å². The summed E-state index contributed by atoms with van der Waals surface area (Å²) in [7, 11) is 0. The van der Waals surface area contributed by atoms with Gasteiger partial charge in [0.1, 0.15) is 5.65 Å². The summed E-state index contributed by atoms with van der Waals surface area (Å²) in [6, 6.07) is 8.91. The monoisotopic (exact) mass is 329 g/mol. The van der Waals surface area contributed by atoms with E-state index < -0.39 is 0 Å². The van der Waals surface area contributed by atoms with Crippen molar-refractivity contribution in [2.45, 2.75) is 52.4 Å². The first-order valence-corrected chi connectivity index (χ1v) is 9.08. The molecule has 0 N–H and O–H groups in total. The molecule has 1 aliphatic rings. The molecule has 0 aliphatic heterocycles. The Kier molecular flexibility index (Phi) is 2.74. The Labute approximate surface area is 147 Å². The Hall–Kier alpha value is -2.42. The van der Waals surface area contributed by atoms with Gasteiger partial charge in [-0.1, -0.05) is 20.8 Å². The number of aryl methyl sites for hydroxylation is 2. The molecule has 1 unspecified atom stereocenters. The second-order valence-corrected chi connectivity index (χ2v) is 8.39. The van der Waals surface area contributed by atoms with Gasteiger partial charge in [-0.05, 0) is 67.1 Å². The molecule has 1 aliphatic carbocycles. The second kappa shape index (κ2) is 4.60. The lowest BCUT2D eigenvalue weighted by molar-refractivity contribution is 0.413. The van der Waals surface area contributed by atoms with E-state index >= 15 is 0 Å². The average Bonchev–Trinajstić information content (AvgIpc) is 2.90. The van der Waals surface area contributed by atoms with Crippen molar-refractivity contribution >= 4 is 27.6 Å². The first-order valence-electron chi connectivity index (χ1n) is 9.08. The molecule has 3 aromatic heterocycles. The summed E-state index contributed by atoms with van der Waals surface area (Å²) in [5.41, 5.74) is 9.70. The van der Waals surface area contributed by atoms with Gasteiger partial charge in [-0.3, -0.25) is 9.38 Å². The van der Waals surface area contributed by atoms with Crippen molar-refractivity contribution in [3.05, 3.63) is 52.8 Å². The number of fused-ring (bicyclic) bond motifs is 8. The van der Waals surface area contributed by atoms with Crippen molar-refractivity contribution < 1.29 is 0 Å². The summed E-state index contributed by atoms with van der Waals surface area (Å²) in [5, 5.41) is 1.22. The molecule has 0 saturated heterocycles. The molecule has 4 aromatic rings. The number of hydrogen-bond donors (Lipinski definition) is 0. The Balaban J connectivity index is 1.96. The number of rotatable bonds is 0. The highest BCUT2D eigenvalue weighted by Gasteiger charge is 2.32. The normalized spacial score (nSPS) is 19.2. The van der Waals surface area contributed by atoms with Crippen LogP contribution in [0.15, 0.2) is 30.5 Å². The van der Waals surface area contributed by atoms with Gasteiger partial charge in [0.2, 0.25) is 0 Å². The fraction of sp³-hybridized carbons (Fsp3) is 0.364. The van der Waals surface area contributed by atoms with Crippen LogP contribution in [0.2, 0.25) is 0 Å². The molecule has 0 fully saturated rings. The summed E-state index contributed by atoms with van der Waals surface area (Å²) in [6.45, 7) is 11.2. The third kappa shape index (κ3) is 1.92. The predicted octanol–water partition coefficient (Wildman–Crippen LogP) is 5.44. The summed E-state index contributed by atoms with van der Waals surface area (Å²) in [5.74, 6) is 0.516. The van der Waals surface area contributed by atoms with E-state index in [4.69, 9.17) is 9.97 Å². The fourth-order valence-corrected chi connectivity index (χ4v) is 4.49. The van der Waals surface area contributed by atoms with Crippen LogP contribution < -0.4 is 0 Å². The Bertz CT molecular complexity index is 1180. The van der Waals surface area contributed by atoms with Gasteiger partial charge in [0, 0.05) is 22.7 Å². The highest BCUT2D eigenvalue weighted by Crippen LogP contribution is 2.43. The molecule has 1 atom stereocenters. The highest BCUT2D eigenvalue weighted by atomic mass is 15.0. The van der Waals surface area contributed by atoms with Crippen molar-refractivity contribution in [1.82, 2.24) is 14.4 Å². The maximum absolute atomic E-state index is 5.00. The van der Waals surface area contributed by atoms with Crippen molar-refractivity contribution in [3.8, 4) is 0 Å². The van der Waals surface area contributed by atoms with Crippen LogP contribution in [-0.4, -0.2) is 14.4 Å². The summed E-state index contributed by atoms with van der Waals surface area (Å²) in [4.78, 5) is 10.00. The zero-order valence-electron chi connectivity index (χ0n) is 15.5. The standard InChI is InChI=1S/C22H23N3/c1-12-8-17-18(9-13(12)2)25-7-6-16-20(21(25)24-17)15-10-19(23-16)22(4,5)11-14(15)3/h6-10,14H,11H2,1-5H3. The van der Waals surface area contributed by atoms with E-state index in [2.05, 4.69) is 69.5 Å². The molecule has 2 bridgehead atoms. The predicted molar refractivity (Wildman–Crippen MR) is 104 cm³/mol. The summed E-state index contributed by atoms with van der Waals surface area (Å²) in [6.07, 6.45) is 3.26. The highest BCUT2D eigenvalue weighted by molar-refractivity contribution is 5.99. The lowest BCUT2D eigenvalue weighted by Gasteiger charge is -2.34. The maximum atomic E-state index is 5.00. The molecular formula is C22H23N3. The summed E-state index contributed by atoms with van der Waals surface area (Å²) >= 11 is 0. The first-order chi connectivity index (χ1) is 11.8. The van der Waals surface area contributed by atoms with E-state index in [-0.39, 0.29) is 5.41 Å². The van der Waals surface area contributed by atoms with Gasteiger partial charge in [-0.2, -0.15) is 0 Å². The molecule has 1 aromatic carbocycles. The van der Waals surface area contributed by atoms with Crippen molar-refractivity contribution in [1.29, 1.82) is 0 Å². The Morgan fingerprint density at radius 2 is 1.80 bits per heavy atom. The lowest BCUT2D eigenvalue weighted by Crippen LogP contribution is -2.26. The number of pyridine rings is 2.